The Morgan fingerprint density at radius 2 is 1.96 bits per heavy atom. The molecule has 0 saturated carbocycles. The predicted octanol–water partition coefficient (Wildman–Crippen LogP) is 2.87. The normalized spacial score (nSPS) is 10.5. The zero-order valence-electron chi connectivity index (χ0n) is 13.9. The molecule has 1 aromatic heterocycles. The highest BCUT2D eigenvalue weighted by molar-refractivity contribution is 5.89. The van der Waals surface area contributed by atoms with E-state index in [0.717, 1.165) is 11.3 Å². The number of halogens is 1. The van der Waals surface area contributed by atoms with Crippen LogP contribution >= 0.6 is 0 Å². The largest absolute Gasteiger partial charge is 0.378 e. The van der Waals surface area contributed by atoms with Crippen molar-refractivity contribution in [3.8, 4) is 11.4 Å². The Morgan fingerprint density at radius 1 is 1.20 bits per heavy atom. The highest BCUT2D eigenvalue weighted by atomic mass is 19.1. The average Bonchev–Trinajstić information content (AvgIpc) is 3.10. The molecule has 1 N–H and O–H groups in total. The fraction of sp³-hybridized carbons (Fsp3) is 0.167. The Labute approximate surface area is 144 Å². The van der Waals surface area contributed by atoms with Gasteiger partial charge in [-0.3, -0.25) is 4.79 Å². The quantitative estimate of drug-likeness (QED) is 0.773. The van der Waals surface area contributed by atoms with Gasteiger partial charge in [0.15, 0.2) is 0 Å². The minimum Gasteiger partial charge on any atom is -0.378 e. The zero-order chi connectivity index (χ0) is 17.8. The molecule has 1 amide bonds. The molecule has 0 spiro atoms. The van der Waals surface area contributed by atoms with E-state index in [4.69, 9.17) is 4.52 Å². The molecule has 2 aromatic carbocycles. The summed E-state index contributed by atoms with van der Waals surface area (Å²) in [5, 5.41) is 6.45. The molecule has 3 aromatic rings. The molecule has 0 radical (unpaired) electrons. The Bertz CT molecular complexity index is 875. The fourth-order valence-electron chi connectivity index (χ4n) is 2.25. The van der Waals surface area contributed by atoms with Crippen molar-refractivity contribution in [2.24, 2.45) is 0 Å². The van der Waals surface area contributed by atoms with E-state index in [0.29, 0.717) is 11.4 Å². The maximum Gasteiger partial charge on any atom is 0.316 e. The average molecular weight is 340 g/mol. The second-order valence-electron chi connectivity index (χ2n) is 5.68. The Kier molecular flexibility index (Phi) is 4.74. The predicted molar refractivity (Wildman–Crippen MR) is 91.6 cm³/mol. The molecule has 0 aliphatic carbocycles. The number of rotatable bonds is 5. The highest BCUT2D eigenvalue weighted by Gasteiger charge is 2.16. The van der Waals surface area contributed by atoms with Gasteiger partial charge >= 0.3 is 11.8 Å². The summed E-state index contributed by atoms with van der Waals surface area (Å²) in [7, 11) is 3.90. The molecular weight excluding hydrogens is 323 g/mol. The van der Waals surface area contributed by atoms with Gasteiger partial charge in [-0.25, -0.2) is 4.39 Å². The molecule has 0 atom stereocenters. The monoisotopic (exact) mass is 340 g/mol. The number of nitrogens with zero attached hydrogens (tertiary/aromatic N) is 3. The number of nitrogens with one attached hydrogen (secondary N) is 1. The van der Waals surface area contributed by atoms with E-state index < -0.39 is 5.91 Å². The number of carbonyl (C=O) groups excluding carboxylic acids is 1. The lowest BCUT2D eigenvalue weighted by molar-refractivity contribution is 0.0907. The first-order valence-corrected chi connectivity index (χ1v) is 7.67. The molecule has 0 unspecified atom stereocenters. The third-order valence-corrected chi connectivity index (χ3v) is 3.60. The van der Waals surface area contributed by atoms with Crippen LogP contribution in [0.25, 0.3) is 11.4 Å². The second kappa shape index (κ2) is 7.12. The van der Waals surface area contributed by atoms with Crippen molar-refractivity contribution in [1.29, 1.82) is 0 Å². The molecule has 0 bridgehead atoms. The number of benzene rings is 2. The van der Waals surface area contributed by atoms with Crippen LogP contribution in [0.1, 0.15) is 16.2 Å². The van der Waals surface area contributed by atoms with Gasteiger partial charge in [0.2, 0.25) is 5.82 Å². The van der Waals surface area contributed by atoms with Crippen LogP contribution in [-0.4, -0.2) is 30.1 Å². The fourth-order valence-corrected chi connectivity index (χ4v) is 2.25. The van der Waals surface area contributed by atoms with Gasteiger partial charge in [-0.2, -0.15) is 4.98 Å². The maximum absolute atomic E-state index is 13.1. The maximum atomic E-state index is 13.1. The molecule has 6 nitrogen and oxygen atoms in total. The van der Waals surface area contributed by atoms with E-state index in [1.165, 1.54) is 12.1 Å². The van der Waals surface area contributed by atoms with Crippen molar-refractivity contribution in [1.82, 2.24) is 15.5 Å². The summed E-state index contributed by atoms with van der Waals surface area (Å²) < 4.78 is 18.1. The van der Waals surface area contributed by atoms with Gasteiger partial charge in [-0.05, 0) is 42.0 Å². The third-order valence-electron chi connectivity index (χ3n) is 3.60. The molecule has 0 fully saturated rings. The summed E-state index contributed by atoms with van der Waals surface area (Å²) in [5.41, 5.74) is 2.44. The first-order chi connectivity index (χ1) is 12.0. The lowest BCUT2D eigenvalue weighted by Gasteiger charge is -2.11. The molecular formula is C18H17FN4O2. The number of anilines is 1. The Balaban J connectivity index is 1.67. The molecule has 0 aliphatic rings. The van der Waals surface area contributed by atoms with Gasteiger partial charge < -0.3 is 14.7 Å². The number of carbonyl (C=O) groups is 1. The van der Waals surface area contributed by atoms with Crippen molar-refractivity contribution in [3.05, 3.63) is 65.8 Å². The molecule has 0 saturated heterocycles. The van der Waals surface area contributed by atoms with Gasteiger partial charge in [0.25, 0.3) is 0 Å². The van der Waals surface area contributed by atoms with E-state index in [2.05, 4.69) is 15.5 Å². The van der Waals surface area contributed by atoms with Crippen LogP contribution in [-0.2, 0) is 6.54 Å². The molecule has 1 heterocycles. The van der Waals surface area contributed by atoms with E-state index in [1.54, 1.807) is 12.1 Å². The summed E-state index contributed by atoms with van der Waals surface area (Å²) in [6.07, 6.45) is 0. The summed E-state index contributed by atoms with van der Waals surface area (Å²) in [5.74, 6) is -0.662. The van der Waals surface area contributed by atoms with E-state index in [9.17, 15) is 9.18 Å². The first-order valence-electron chi connectivity index (χ1n) is 7.67. The van der Waals surface area contributed by atoms with Crippen LogP contribution in [0, 0.1) is 5.82 Å². The van der Waals surface area contributed by atoms with Crippen LogP contribution in [0.3, 0.4) is 0 Å². The number of amides is 1. The smallest absolute Gasteiger partial charge is 0.316 e. The molecule has 128 valence electrons. The van der Waals surface area contributed by atoms with Crippen LogP contribution in [0.2, 0.25) is 0 Å². The molecule has 7 heteroatoms. The second-order valence-corrected chi connectivity index (χ2v) is 5.68. The van der Waals surface area contributed by atoms with Gasteiger partial charge in [0.1, 0.15) is 5.82 Å². The SMILES string of the molecule is CN(C)c1ccc(-c2noc(C(=O)NCc3cccc(F)c3)n2)cc1. The van der Waals surface area contributed by atoms with Gasteiger partial charge in [-0.1, -0.05) is 17.3 Å². The lowest BCUT2D eigenvalue weighted by atomic mass is 10.2. The summed E-state index contributed by atoms with van der Waals surface area (Å²) >= 11 is 0. The Morgan fingerprint density at radius 3 is 2.64 bits per heavy atom. The van der Waals surface area contributed by atoms with Crippen LogP contribution in [0.5, 0.6) is 0 Å². The molecule has 3 rings (SSSR count). The summed E-state index contributed by atoms with van der Waals surface area (Å²) in [6, 6.07) is 13.6. The topological polar surface area (TPSA) is 71.3 Å². The standard InChI is InChI=1S/C18H17FN4O2/c1-23(2)15-8-6-13(7-9-15)16-21-18(25-22-16)17(24)20-11-12-4-3-5-14(19)10-12/h3-10H,11H2,1-2H3,(H,20,24). The van der Waals surface area contributed by atoms with E-state index in [-0.39, 0.29) is 18.3 Å². The van der Waals surface area contributed by atoms with Gasteiger partial charge in [-0.15, -0.1) is 0 Å². The van der Waals surface area contributed by atoms with Crippen LogP contribution in [0.4, 0.5) is 10.1 Å². The Hall–Kier alpha value is -3.22. The number of hydrogen-bond acceptors (Lipinski definition) is 5. The third kappa shape index (κ3) is 4.00. The number of aromatic nitrogens is 2. The lowest BCUT2D eigenvalue weighted by Crippen LogP contribution is -2.23. The van der Waals surface area contributed by atoms with Crippen molar-refractivity contribution in [2.45, 2.75) is 6.54 Å². The van der Waals surface area contributed by atoms with Crippen molar-refractivity contribution < 1.29 is 13.7 Å². The summed E-state index contributed by atoms with van der Waals surface area (Å²) in [6.45, 7) is 0.172. The van der Waals surface area contributed by atoms with Crippen LogP contribution < -0.4 is 10.2 Å². The zero-order valence-corrected chi connectivity index (χ0v) is 13.9. The van der Waals surface area contributed by atoms with E-state index in [1.807, 2.05) is 43.3 Å². The summed E-state index contributed by atoms with van der Waals surface area (Å²) in [4.78, 5) is 18.2. The van der Waals surface area contributed by atoms with Crippen molar-refractivity contribution >= 4 is 11.6 Å². The van der Waals surface area contributed by atoms with Crippen LogP contribution in [0.15, 0.2) is 53.1 Å². The molecule has 25 heavy (non-hydrogen) atoms. The first kappa shape index (κ1) is 16.6. The van der Waals surface area contributed by atoms with E-state index >= 15 is 0 Å². The number of hydrogen-bond donors (Lipinski definition) is 1. The van der Waals surface area contributed by atoms with Gasteiger partial charge in [0, 0.05) is 31.9 Å². The van der Waals surface area contributed by atoms with Crippen molar-refractivity contribution in [2.75, 3.05) is 19.0 Å². The minimum absolute atomic E-state index is 0.136. The minimum atomic E-state index is -0.507. The van der Waals surface area contributed by atoms with Crippen molar-refractivity contribution in [3.63, 3.8) is 0 Å². The van der Waals surface area contributed by atoms with Gasteiger partial charge in [0.05, 0.1) is 0 Å². The highest BCUT2D eigenvalue weighted by Crippen LogP contribution is 2.20. The molecule has 0 aliphatic heterocycles.